The number of carbonyl (C=O) groups is 3. The van der Waals surface area contributed by atoms with Gasteiger partial charge in [0.15, 0.2) is 0 Å². The van der Waals surface area contributed by atoms with Gasteiger partial charge in [0.25, 0.3) is 0 Å². The normalized spacial score (nSPS) is 13.9. The fourth-order valence-electron chi connectivity index (χ4n) is 3.00. The van der Waals surface area contributed by atoms with Gasteiger partial charge in [-0.3, -0.25) is 14.4 Å². The van der Waals surface area contributed by atoms with Crippen molar-refractivity contribution in [2.24, 2.45) is 17.6 Å². The van der Waals surface area contributed by atoms with Crippen LogP contribution in [0.25, 0.3) is 0 Å². The van der Waals surface area contributed by atoms with Crippen LogP contribution in [0.1, 0.15) is 51.5 Å². The number of ketones is 1. The van der Waals surface area contributed by atoms with Gasteiger partial charge in [0, 0.05) is 25.3 Å². The molecule has 168 valence electrons. The van der Waals surface area contributed by atoms with Crippen molar-refractivity contribution in [1.29, 1.82) is 0 Å². The highest BCUT2D eigenvalue weighted by atomic mass is 32.2. The summed E-state index contributed by atoms with van der Waals surface area (Å²) in [5.41, 5.74) is 6.91. The molecule has 1 rings (SSSR count). The minimum Gasteiger partial charge on any atom is -0.461 e. The first-order valence-electron chi connectivity index (χ1n) is 10.6. The van der Waals surface area contributed by atoms with Crippen molar-refractivity contribution in [2.75, 3.05) is 18.6 Å². The predicted molar refractivity (Wildman–Crippen MR) is 122 cm³/mol. The van der Waals surface area contributed by atoms with Crippen LogP contribution in [0.4, 0.5) is 0 Å². The SMILES string of the molecule is CC[C@H](C)[C@H](CC(=O)[C@@H](N)CCSC)C(=O)NCCCC(=O)OCc1ccccc1. The first-order chi connectivity index (χ1) is 14.4. The molecule has 0 radical (unpaired) electrons. The summed E-state index contributed by atoms with van der Waals surface area (Å²) < 4.78 is 5.24. The molecule has 0 saturated carbocycles. The Morgan fingerprint density at radius 3 is 2.53 bits per heavy atom. The smallest absolute Gasteiger partial charge is 0.306 e. The van der Waals surface area contributed by atoms with E-state index < -0.39 is 12.0 Å². The molecule has 3 N–H and O–H groups in total. The van der Waals surface area contributed by atoms with Gasteiger partial charge < -0.3 is 15.8 Å². The molecule has 0 aliphatic heterocycles. The number of benzene rings is 1. The molecule has 0 fully saturated rings. The Labute approximate surface area is 184 Å². The maximum absolute atomic E-state index is 12.6. The number of carbonyl (C=O) groups excluding carboxylic acids is 3. The molecule has 0 heterocycles. The van der Waals surface area contributed by atoms with E-state index in [2.05, 4.69) is 5.32 Å². The van der Waals surface area contributed by atoms with Gasteiger partial charge >= 0.3 is 5.97 Å². The van der Waals surface area contributed by atoms with Crippen LogP contribution in [0, 0.1) is 11.8 Å². The van der Waals surface area contributed by atoms with E-state index in [0.29, 0.717) is 19.4 Å². The van der Waals surface area contributed by atoms with Crippen LogP contribution in [-0.2, 0) is 25.7 Å². The van der Waals surface area contributed by atoms with E-state index in [1.807, 2.05) is 50.4 Å². The lowest BCUT2D eigenvalue weighted by Crippen LogP contribution is -2.40. The number of thioether (sulfide) groups is 1. The lowest BCUT2D eigenvalue weighted by molar-refractivity contribution is -0.145. The van der Waals surface area contributed by atoms with Crippen LogP contribution in [-0.4, -0.2) is 42.3 Å². The minimum atomic E-state index is -0.517. The quantitative estimate of drug-likeness (QED) is 0.323. The molecule has 0 aliphatic carbocycles. The summed E-state index contributed by atoms with van der Waals surface area (Å²) in [5, 5.41) is 2.87. The summed E-state index contributed by atoms with van der Waals surface area (Å²) in [6.07, 6.45) is 4.30. The Hall–Kier alpha value is -1.86. The summed E-state index contributed by atoms with van der Waals surface area (Å²) in [4.78, 5) is 36.9. The van der Waals surface area contributed by atoms with Crippen molar-refractivity contribution in [3.8, 4) is 0 Å². The van der Waals surface area contributed by atoms with E-state index in [-0.39, 0.29) is 43.0 Å². The zero-order valence-electron chi connectivity index (χ0n) is 18.4. The number of hydrogen-bond donors (Lipinski definition) is 2. The molecule has 7 heteroatoms. The highest BCUT2D eigenvalue weighted by Crippen LogP contribution is 2.21. The maximum Gasteiger partial charge on any atom is 0.306 e. The minimum absolute atomic E-state index is 0.0611. The van der Waals surface area contributed by atoms with E-state index in [4.69, 9.17) is 10.5 Å². The van der Waals surface area contributed by atoms with Gasteiger partial charge in [0.05, 0.1) is 6.04 Å². The molecule has 30 heavy (non-hydrogen) atoms. The van der Waals surface area contributed by atoms with Gasteiger partial charge in [-0.25, -0.2) is 0 Å². The van der Waals surface area contributed by atoms with Gasteiger partial charge in [-0.15, -0.1) is 0 Å². The number of rotatable bonds is 15. The average Bonchev–Trinajstić information content (AvgIpc) is 2.76. The Morgan fingerprint density at radius 1 is 1.20 bits per heavy atom. The van der Waals surface area contributed by atoms with Gasteiger partial charge in [-0.1, -0.05) is 50.6 Å². The van der Waals surface area contributed by atoms with Crippen LogP contribution in [0.15, 0.2) is 30.3 Å². The molecule has 0 bridgehead atoms. The molecule has 1 aromatic rings. The maximum atomic E-state index is 12.6. The molecule has 0 unspecified atom stereocenters. The highest BCUT2D eigenvalue weighted by molar-refractivity contribution is 7.98. The van der Waals surface area contributed by atoms with E-state index in [0.717, 1.165) is 17.7 Å². The summed E-state index contributed by atoms with van der Waals surface area (Å²) in [7, 11) is 0. The Balaban J connectivity index is 2.38. The van der Waals surface area contributed by atoms with E-state index >= 15 is 0 Å². The van der Waals surface area contributed by atoms with E-state index in [9.17, 15) is 14.4 Å². The Kier molecular flexibility index (Phi) is 13.1. The largest absolute Gasteiger partial charge is 0.461 e. The number of nitrogens with two attached hydrogens (primary N) is 1. The molecule has 6 nitrogen and oxygen atoms in total. The molecule has 0 saturated heterocycles. The van der Waals surface area contributed by atoms with Crippen molar-refractivity contribution in [3.05, 3.63) is 35.9 Å². The van der Waals surface area contributed by atoms with Gasteiger partial charge in [0.1, 0.15) is 12.4 Å². The molecule has 0 aromatic heterocycles. The van der Waals surface area contributed by atoms with Crippen LogP contribution >= 0.6 is 11.8 Å². The average molecular weight is 437 g/mol. The topological polar surface area (TPSA) is 98.5 Å². The summed E-state index contributed by atoms with van der Waals surface area (Å²) in [6.45, 7) is 4.61. The number of amides is 1. The van der Waals surface area contributed by atoms with Gasteiger partial charge in [-0.2, -0.15) is 11.8 Å². The van der Waals surface area contributed by atoms with E-state index in [1.54, 1.807) is 11.8 Å². The van der Waals surface area contributed by atoms with Crippen molar-refractivity contribution in [3.63, 3.8) is 0 Å². The third-order valence-electron chi connectivity index (χ3n) is 5.23. The lowest BCUT2D eigenvalue weighted by Gasteiger charge is -2.23. The third kappa shape index (κ3) is 10.3. The first kappa shape index (κ1) is 26.2. The van der Waals surface area contributed by atoms with Crippen molar-refractivity contribution in [2.45, 2.75) is 58.6 Å². The second-order valence-electron chi connectivity index (χ2n) is 7.59. The summed E-state index contributed by atoms with van der Waals surface area (Å²) in [5.74, 6) is 0.0151. The third-order valence-corrected chi connectivity index (χ3v) is 5.88. The molecule has 3 atom stereocenters. The van der Waals surface area contributed by atoms with Crippen LogP contribution in [0.3, 0.4) is 0 Å². The zero-order valence-corrected chi connectivity index (χ0v) is 19.2. The second kappa shape index (κ2) is 15.0. The Morgan fingerprint density at radius 2 is 1.90 bits per heavy atom. The van der Waals surface area contributed by atoms with Crippen LogP contribution < -0.4 is 11.1 Å². The molecular weight excluding hydrogens is 400 g/mol. The van der Waals surface area contributed by atoms with Gasteiger partial charge in [-0.05, 0) is 36.3 Å². The standard InChI is InChI=1S/C23H36N2O4S/c1-4-17(2)19(15-21(26)20(24)12-14-30-3)23(28)25-13-8-11-22(27)29-16-18-9-6-5-7-10-18/h5-7,9-10,17,19-20H,4,8,11-16,24H2,1-3H3,(H,25,28)/t17-,19-,20-/m0/s1. The zero-order chi connectivity index (χ0) is 22.4. The summed E-state index contributed by atoms with van der Waals surface area (Å²) >= 11 is 1.65. The molecule has 0 aliphatic rings. The van der Waals surface area contributed by atoms with Crippen LogP contribution in [0.5, 0.6) is 0 Å². The highest BCUT2D eigenvalue weighted by Gasteiger charge is 2.28. The van der Waals surface area contributed by atoms with E-state index in [1.165, 1.54) is 0 Å². The van der Waals surface area contributed by atoms with Gasteiger partial charge in [0.2, 0.25) is 5.91 Å². The van der Waals surface area contributed by atoms with Crippen molar-refractivity contribution >= 4 is 29.4 Å². The Bertz CT molecular complexity index is 654. The number of esters is 1. The second-order valence-corrected chi connectivity index (χ2v) is 8.58. The predicted octanol–water partition coefficient (Wildman–Crippen LogP) is 3.33. The van der Waals surface area contributed by atoms with Crippen molar-refractivity contribution in [1.82, 2.24) is 5.32 Å². The fourth-order valence-corrected chi connectivity index (χ4v) is 3.49. The first-order valence-corrected chi connectivity index (χ1v) is 12.0. The van der Waals surface area contributed by atoms with Crippen LogP contribution in [0.2, 0.25) is 0 Å². The van der Waals surface area contributed by atoms with Crippen molar-refractivity contribution < 1.29 is 19.1 Å². The molecule has 1 aromatic carbocycles. The number of nitrogens with one attached hydrogen (secondary N) is 1. The number of ether oxygens (including phenoxy) is 1. The molecular formula is C23H36N2O4S. The number of Topliss-reactive ketones (excluding diaryl/α,β-unsaturated/α-hetero) is 1. The number of hydrogen-bond acceptors (Lipinski definition) is 6. The fraction of sp³-hybridized carbons (Fsp3) is 0.609. The molecule has 0 spiro atoms. The summed E-state index contributed by atoms with van der Waals surface area (Å²) in [6, 6.07) is 8.98. The molecule has 1 amide bonds. The lowest BCUT2D eigenvalue weighted by atomic mass is 9.85. The monoisotopic (exact) mass is 436 g/mol.